The highest BCUT2D eigenvalue weighted by molar-refractivity contribution is 7.10. The molecule has 7 nitrogen and oxygen atoms in total. The zero-order valence-corrected chi connectivity index (χ0v) is 24.1. The molecule has 0 spiro atoms. The third-order valence-corrected chi connectivity index (χ3v) is 9.40. The van der Waals surface area contributed by atoms with E-state index >= 15 is 0 Å². The Morgan fingerprint density at radius 3 is 2.36 bits per heavy atom. The van der Waals surface area contributed by atoms with E-state index in [0.29, 0.717) is 44.0 Å². The predicted octanol–water partition coefficient (Wildman–Crippen LogP) is 4.85. The molecular weight excluding hydrogens is 565 g/mol. The number of carbonyl (C=O) groups excluding carboxylic acids is 2. The van der Waals surface area contributed by atoms with Gasteiger partial charge in [-0.15, -0.1) is 11.3 Å². The normalized spacial score (nSPS) is 17.1. The number of allylic oxidation sites excluding steroid dienone is 1. The van der Waals surface area contributed by atoms with Crippen molar-refractivity contribution in [2.75, 3.05) is 10.2 Å². The van der Waals surface area contributed by atoms with Crippen molar-refractivity contribution >= 4 is 51.4 Å². The number of thiophene rings is 1. The largest absolute Gasteiger partial charge is 0.322 e. The average molecular weight is 589 g/mol. The zero-order valence-electron chi connectivity index (χ0n) is 22.5. The molecule has 206 valence electrons. The van der Waals surface area contributed by atoms with Crippen LogP contribution in [0.15, 0.2) is 123 Å². The highest BCUT2D eigenvalue weighted by atomic mass is 32.1. The standard InChI is InChI=1S/C33H24N4O3S2/c1-20-26(30(38)35-22-13-6-3-7-14-22)28(25-17-10-18-41-25)37-32(40)29(42-33(37)34-20)27-23-15-8-9-16-24(23)36(31(27)39)19-21-11-4-2-5-12-21/h2-18,28H,19H2,1H3,(H,35,38)/b29-27-/t28-/m1/s1. The molecule has 2 aliphatic heterocycles. The van der Waals surface area contributed by atoms with Crippen LogP contribution < -0.4 is 25.1 Å². The minimum Gasteiger partial charge on any atom is -0.322 e. The Balaban J connectivity index is 1.39. The van der Waals surface area contributed by atoms with Gasteiger partial charge in [-0.05, 0) is 42.1 Å². The maximum atomic E-state index is 14.3. The smallest absolute Gasteiger partial charge is 0.272 e. The molecule has 0 bridgehead atoms. The minimum atomic E-state index is -0.675. The van der Waals surface area contributed by atoms with Gasteiger partial charge in [0.1, 0.15) is 10.6 Å². The number of amides is 2. The predicted molar refractivity (Wildman–Crippen MR) is 166 cm³/mol. The van der Waals surface area contributed by atoms with Crippen molar-refractivity contribution in [3.63, 3.8) is 0 Å². The summed E-state index contributed by atoms with van der Waals surface area (Å²) in [4.78, 5) is 49.8. The topological polar surface area (TPSA) is 83.8 Å². The van der Waals surface area contributed by atoms with Gasteiger partial charge in [0.05, 0.1) is 29.1 Å². The lowest BCUT2D eigenvalue weighted by Gasteiger charge is -2.24. The SMILES string of the molecule is CC1=C(C(=O)Nc2ccccc2)[C@@H](c2cccs2)n2c(s/c(=C3\C(=O)N(Cc4ccccc4)c4ccccc43)c2=O)=N1. The number of fused-ring (bicyclic) bond motifs is 2. The summed E-state index contributed by atoms with van der Waals surface area (Å²) >= 11 is 2.67. The van der Waals surface area contributed by atoms with Gasteiger partial charge < -0.3 is 10.2 Å². The number of anilines is 2. The molecule has 9 heteroatoms. The first-order chi connectivity index (χ1) is 20.5. The first-order valence-electron chi connectivity index (χ1n) is 13.4. The summed E-state index contributed by atoms with van der Waals surface area (Å²) in [5.74, 6) is -0.550. The molecule has 2 amide bonds. The summed E-state index contributed by atoms with van der Waals surface area (Å²) < 4.78 is 1.89. The lowest BCUT2D eigenvalue weighted by molar-refractivity contribution is -0.114. The van der Waals surface area contributed by atoms with Gasteiger partial charge in [-0.25, -0.2) is 4.99 Å². The molecule has 7 rings (SSSR count). The van der Waals surface area contributed by atoms with Gasteiger partial charge in [0.25, 0.3) is 17.4 Å². The quantitative estimate of drug-likeness (QED) is 0.319. The number of nitrogens with one attached hydrogen (secondary N) is 1. The number of nitrogens with zero attached hydrogens (tertiary/aromatic N) is 3. The second kappa shape index (κ2) is 10.5. The Bertz CT molecular complexity index is 2060. The number of carbonyl (C=O) groups is 2. The van der Waals surface area contributed by atoms with Crippen molar-refractivity contribution in [2.24, 2.45) is 4.99 Å². The van der Waals surface area contributed by atoms with E-state index in [2.05, 4.69) is 5.32 Å². The van der Waals surface area contributed by atoms with Crippen molar-refractivity contribution < 1.29 is 9.59 Å². The number of rotatable bonds is 5. The third kappa shape index (κ3) is 4.34. The second-order valence-corrected chi connectivity index (χ2v) is 12.0. The molecule has 0 saturated heterocycles. The van der Waals surface area contributed by atoms with Crippen LogP contribution in [0.3, 0.4) is 0 Å². The van der Waals surface area contributed by atoms with E-state index in [1.807, 2.05) is 102 Å². The summed E-state index contributed by atoms with van der Waals surface area (Å²) in [6.07, 6.45) is 0. The van der Waals surface area contributed by atoms with Gasteiger partial charge in [0, 0.05) is 16.1 Å². The summed E-state index contributed by atoms with van der Waals surface area (Å²) in [6.45, 7) is 2.18. The molecule has 3 aromatic carbocycles. The van der Waals surface area contributed by atoms with Gasteiger partial charge >= 0.3 is 0 Å². The fraction of sp³-hybridized carbons (Fsp3) is 0.0909. The van der Waals surface area contributed by atoms with Crippen LogP contribution in [-0.2, 0) is 16.1 Å². The summed E-state index contributed by atoms with van der Waals surface area (Å²) in [7, 11) is 0. The summed E-state index contributed by atoms with van der Waals surface area (Å²) in [5.41, 5.74) is 4.08. The van der Waals surface area contributed by atoms with Crippen molar-refractivity contribution in [3.8, 4) is 0 Å². The molecule has 0 aliphatic carbocycles. The van der Waals surface area contributed by atoms with E-state index in [-0.39, 0.29) is 17.4 Å². The second-order valence-electron chi connectivity index (χ2n) is 10.0. The zero-order chi connectivity index (χ0) is 28.8. The third-order valence-electron chi connectivity index (χ3n) is 7.42. The van der Waals surface area contributed by atoms with Crippen LogP contribution in [0.1, 0.15) is 29.0 Å². The van der Waals surface area contributed by atoms with E-state index in [0.717, 1.165) is 16.1 Å². The summed E-state index contributed by atoms with van der Waals surface area (Å²) in [5, 5.41) is 4.89. The van der Waals surface area contributed by atoms with Crippen LogP contribution in [0, 0.1) is 0 Å². The van der Waals surface area contributed by atoms with Crippen LogP contribution in [-0.4, -0.2) is 16.4 Å². The molecule has 2 aromatic heterocycles. The average Bonchev–Trinajstić information content (AvgIpc) is 3.71. The number of aromatic nitrogens is 1. The van der Waals surface area contributed by atoms with Crippen LogP contribution >= 0.6 is 22.7 Å². The first-order valence-corrected chi connectivity index (χ1v) is 15.1. The minimum absolute atomic E-state index is 0.226. The van der Waals surface area contributed by atoms with Gasteiger partial charge in [-0.1, -0.05) is 84.1 Å². The Morgan fingerprint density at radius 1 is 0.905 bits per heavy atom. The molecule has 5 aromatic rings. The highest BCUT2D eigenvalue weighted by Gasteiger charge is 2.37. The van der Waals surface area contributed by atoms with E-state index in [4.69, 9.17) is 4.99 Å². The Labute approximate surface area is 249 Å². The molecule has 0 radical (unpaired) electrons. The molecule has 0 saturated carbocycles. The molecule has 0 unspecified atom stereocenters. The molecule has 4 heterocycles. The number of thiazole rings is 1. The lowest BCUT2D eigenvalue weighted by Crippen LogP contribution is -2.41. The van der Waals surface area contributed by atoms with Crippen LogP contribution in [0.25, 0.3) is 5.57 Å². The van der Waals surface area contributed by atoms with E-state index < -0.39 is 6.04 Å². The molecule has 1 atom stereocenters. The Kier molecular flexibility index (Phi) is 6.53. The molecule has 2 aliphatic rings. The molecule has 1 N–H and O–H groups in total. The molecule has 42 heavy (non-hydrogen) atoms. The van der Waals surface area contributed by atoms with E-state index in [9.17, 15) is 14.4 Å². The molecular formula is C33H24N4O3S2. The number of hydrogen-bond acceptors (Lipinski definition) is 6. The van der Waals surface area contributed by atoms with Crippen molar-refractivity contribution in [3.05, 3.63) is 149 Å². The van der Waals surface area contributed by atoms with E-state index in [1.165, 1.54) is 22.7 Å². The van der Waals surface area contributed by atoms with Crippen molar-refractivity contribution in [1.29, 1.82) is 0 Å². The maximum absolute atomic E-state index is 14.3. The fourth-order valence-corrected chi connectivity index (χ4v) is 7.48. The highest BCUT2D eigenvalue weighted by Crippen LogP contribution is 2.37. The lowest BCUT2D eigenvalue weighted by atomic mass is 10.0. The van der Waals surface area contributed by atoms with Crippen LogP contribution in [0.5, 0.6) is 0 Å². The van der Waals surface area contributed by atoms with E-state index in [1.54, 1.807) is 16.4 Å². The van der Waals surface area contributed by atoms with Crippen molar-refractivity contribution in [1.82, 2.24) is 4.57 Å². The van der Waals surface area contributed by atoms with Crippen LogP contribution in [0.4, 0.5) is 11.4 Å². The van der Waals surface area contributed by atoms with Gasteiger partial charge in [-0.3, -0.25) is 19.0 Å². The number of para-hydroxylation sites is 2. The maximum Gasteiger partial charge on any atom is 0.272 e. The van der Waals surface area contributed by atoms with Crippen LogP contribution in [0.2, 0.25) is 0 Å². The summed E-state index contributed by atoms with van der Waals surface area (Å²) in [6, 6.07) is 29.7. The Morgan fingerprint density at radius 2 is 1.62 bits per heavy atom. The number of hydrogen-bond donors (Lipinski definition) is 1. The fourth-order valence-electron chi connectivity index (χ4n) is 5.52. The van der Waals surface area contributed by atoms with Gasteiger partial charge in [0.15, 0.2) is 4.80 Å². The molecule has 0 fully saturated rings. The van der Waals surface area contributed by atoms with Gasteiger partial charge in [-0.2, -0.15) is 0 Å². The Hall–Kier alpha value is -4.86. The van der Waals surface area contributed by atoms with Crippen molar-refractivity contribution in [2.45, 2.75) is 19.5 Å². The van der Waals surface area contributed by atoms with Gasteiger partial charge in [0.2, 0.25) is 0 Å². The first kappa shape index (κ1) is 26.1. The monoisotopic (exact) mass is 588 g/mol. The number of benzene rings is 3.